The Balaban J connectivity index is 1.41. The number of nitrogens with zero attached hydrogens (tertiary/aromatic N) is 1. The zero-order chi connectivity index (χ0) is 19.3. The van der Waals surface area contributed by atoms with Crippen molar-refractivity contribution in [1.29, 1.82) is 0 Å². The molecule has 0 unspecified atom stereocenters. The number of hydrogen-bond acceptors (Lipinski definition) is 4. The molecule has 1 aromatic rings. The summed E-state index contributed by atoms with van der Waals surface area (Å²) in [5, 5.41) is 2.91. The smallest absolute Gasteiger partial charge is 0.401 e. The van der Waals surface area contributed by atoms with Gasteiger partial charge in [-0.1, -0.05) is 0 Å². The second-order valence-corrected chi connectivity index (χ2v) is 7.11. The third-order valence-corrected chi connectivity index (χ3v) is 4.90. The van der Waals surface area contributed by atoms with E-state index in [9.17, 15) is 18.0 Å². The van der Waals surface area contributed by atoms with Crippen LogP contribution in [0.4, 0.5) is 13.2 Å². The Kier molecular flexibility index (Phi) is 6.59. The Morgan fingerprint density at radius 3 is 2.48 bits per heavy atom. The number of likely N-dealkylation sites (tertiary alicyclic amines) is 1. The van der Waals surface area contributed by atoms with Gasteiger partial charge in [-0.25, -0.2) is 0 Å². The van der Waals surface area contributed by atoms with Gasteiger partial charge in [-0.2, -0.15) is 13.2 Å². The average molecular weight is 386 g/mol. The van der Waals surface area contributed by atoms with E-state index < -0.39 is 12.7 Å². The zero-order valence-corrected chi connectivity index (χ0v) is 15.1. The number of carbonyl (C=O) groups excluding carboxylic acids is 1. The first-order chi connectivity index (χ1) is 12.9. The van der Waals surface area contributed by atoms with Crippen molar-refractivity contribution in [2.24, 2.45) is 0 Å². The minimum absolute atomic E-state index is 0.0996. The van der Waals surface area contributed by atoms with E-state index in [1.54, 1.807) is 24.3 Å². The lowest BCUT2D eigenvalue weighted by Gasteiger charge is -2.32. The molecule has 8 heteroatoms. The van der Waals surface area contributed by atoms with Gasteiger partial charge in [0.05, 0.1) is 12.6 Å². The molecule has 2 heterocycles. The van der Waals surface area contributed by atoms with Crippen molar-refractivity contribution < 1.29 is 27.4 Å². The van der Waals surface area contributed by atoms with Crippen LogP contribution >= 0.6 is 0 Å². The summed E-state index contributed by atoms with van der Waals surface area (Å²) in [6.45, 7) is 1.06. The predicted molar refractivity (Wildman–Crippen MR) is 93.9 cm³/mol. The number of carbonyl (C=O) groups is 1. The van der Waals surface area contributed by atoms with Crippen LogP contribution < -0.4 is 10.1 Å². The lowest BCUT2D eigenvalue weighted by Crippen LogP contribution is -2.47. The molecule has 0 radical (unpaired) electrons. The summed E-state index contributed by atoms with van der Waals surface area (Å²) < 4.78 is 48.4. The van der Waals surface area contributed by atoms with Crippen LogP contribution in [0.1, 0.15) is 36.0 Å². The highest BCUT2D eigenvalue weighted by atomic mass is 19.4. The standard InChI is InChI=1S/C19H25F3N2O3/c20-19(21,22)13-24-9-7-15(8-10-24)23-18(25)14-3-5-16(6-4-14)27-12-17-2-1-11-26-17/h3-6,15,17H,1-2,7-13H2,(H,23,25)/t17-/m0/s1. The molecule has 2 saturated heterocycles. The summed E-state index contributed by atoms with van der Waals surface area (Å²) >= 11 is 0. The fraction of sp³-hybridized carbons (Fsp3) is 0.632. The van der Waals surface area contributed by atoms with E-state index >= 15 is 0 Å². The molecule has 150 valence electrons. The third kappa shape index (κ3) is 6.39. The van der Waals surface area contributed by atoms with Gasteiger partial charge in [-0.05, 0) is 49.9 Å². The molecule has 0 spiro atoms. The van der Waals surface area contributed by atoms with Gasteiger partial charge in [-0.15, -0.1) is 0 Å². The molecule has 0 aliphatic carbocycles. The molecule has 0 saturated carbocycles. The quantitative estimate of drug-likeness (QED) is 0.817. The van der Waals surface area contributed by atoms with Crippen LogP contribution in [-0.4, -0.2) is 62.0 Å². The molecule has 1 N–H and O–H groups in total. The number of halogens is 3. The number of benzene rings is 1. The zero-order valence-electron chi connectivity index (χ0n) is 15.1. The lowest BCUT2D eigenvalue weighted by molar-refractivity contribution is -0.148. The fourth-order valence-electron chi connectivity index (χ4n) is 3.43. The van der Waals surface area contributed by atoms with Crippen LogP contribution in [0, 0.1) is 0 Å². The normalized spacial score (nSPS) is 22.0. The van der Waals surface area contributed by atoms with Gasteiger partial charge in [0.1, 0.15) is 12.4 Å². The Morgan fingerprint density at radius 1 is 1.19 bits per heavy atom. The maximum atomic E-state index is 12.4. The maximum absolute atomic E-state index is 12.4. The van der Waals surface area contributed by atoms with Gasteiger partial charge in [0.15, 0.2) is 0 Å². The SMILES string of the molecule is O=C(NC1CCN(CC(F)(F)F)CC1)c1ccc(OC[C@@H]2CCCO2)cc1. The number of piperidine rings is 1. The van der Waals surface area contributed by atoms with Crippen LogP contribution in [0.15, 0.2) is 24.3 Å². The lowest BCUT2D eigenvalue weighted by atomic mass is 10.0. The minimum atomic E-state index is -4.18. The Bertz CT molecular complexity index is 608. The summed E-state index contributed by atoms with van der Waals surface area (Å²) in [7, 11) is 0. The summed E-state index contributed by atoms with van der Waals surface area (Å²) in [6.07, 6.45) is -0.945. The molecule has 0 bridgehead atoms. The maximum Gasteiger partial charge on any atom is 0.401 e. The molecule has 27 heavy (non-hydrogen) atoms. The molecular weight excluding hydrogens is 361 g/mol. The minimum Gasteiger partial charge on any atom is -0.491 e. The second kappa shape index (κ2) is 8.93. The molecule has 1 amide bonds. The van der Waals surface area contributed by atoms with E-state index in [4.69, 9.17) is 9.47 Å². The summed E-state index contributed by atoms with van der Waals surface area (Å²) in [5.41, 5.74) is 0.511. The molecule has 2 fully saturated rings. The Morgan fingerprint density at radius 2 is 1.89 bits per heavy atom. The Labute approximate surface area is 156 Å². The molecule has 3 rings (SSSR count). The molecule has 2 aliphatic heterocycles. The highest BCUT2D eigenvalue weighted by Crippen LogP contribution is 2.20. The van der Waals surface area contributed by atoms with E-state index in [2.05, 4.69) is 5.32 Å². The van der Waals surface area contributed by atoms with Gasteiger partial charge in [0.2, 0.25) is 0 Å². The van der Waals surface area contributed by atoms with E-state index in [-0.39, 0.29) is 18.1 Å². The molecule has 0 aromatic heterocycles. The number of rotatable bonds is 6. The van der Waals surface area contributed by atoms with Crippen LogP contribution in [0.25, 0.3) is 0 Å². The van der Waals surface area contributed by atoms with E-state index in [0.29, 0.717) is 43.9 Å². The number of alkyl halides is 3. The summed E-state index contributed by atoms with van der Waals surface area (Å²) in [4.78, 5) is 13.7. The first-order valence-corrected chi connectivity index (χ1v) is 9.33. The van der Waals surface area contributed by atoms with Gasteiger partial charge in [0.25, 0.3) is 5.91 Å². The fourth-order valence-corrected chi connectivity index (χ4v) is 3.43. The van der Waals surface area contributed by atoms with Crippen molar-refractivity contribution >= 4 is 5.91 Å². The number of hydrogen-bond donors (Lipinski definition) is 1. The van der Waals surface area contributed by atoms with Crippen molar-refractivity contribution in [3.63, 3.8) is 0 Å². The van der Waals surface area contributed by atoms with Crippen LogP contribution in [0.2, 0.25) is 0 Å². The topological polar surface area (TPSA) is 50.8 Å². The molecule has 5 nitrogen and oxygen atoms in total. The van der Waals surface area contributed by atoms with Crippen LogP contribution in [0.5, 0.6) is 5.75 Å². The van der Waals surface area contributed by atoms with Crippen LogP contribution in [-0.2, 0) is 4.74 Å². The first kappa shape index (κ1) is 19.9. The molecule has 2 aliphatic rings. The number of amides is 1. The largest absolute Gasteiger partial charge is 0.491 e. The van der Waals surface area contributed by atoms with Crippen molar-refractivity contribution in [3.05, 3.63) is 29.8 Å². The monoisotopic (exact) mass is 386 g/mol. The average Bonchev–Trinajstić information content (AvgIpc) is 3.14. The van der Waals surface area contributed by atoms with Crippen molar-refractivity contribution in [2.75, 3.05) is 32.8 Å². The molecule has 1 aromatic carbocycles. The van der Waals surface area contributed by atoms with Gasteiger partial charge in [-0.3, -0.25) is 9.69 Å². The van der Waals surface area contributed by atoms with Crippen LogP contribution in [0.3, 0.4) is 0 Å². The third-order valence-electron chi connectivity index (χ3n) is 4.90. The highest BCUT2D eigenvalue weighted by Gasteiger charge is 2.32. The summed E-state index contributed by atoms with van der Waals surface area (Å²) in [6, 6.07) is 6.78. The predicted octanol–water partition coefficient (Wildman–Crippen LogP) is 3.00. The van der Waals surface area contributed by atoms with Gasteiger partial charge in [0, 0.05) is 31.3 Å². The van der Waals surface area contributed by atoms with Gasteiger partial charge >= 0.3 is 6.18 Å². The number of ether oxygens (including phenoxy) is 2. The van der Waals surface area contributed by atoms with Crippen molar-refractivity contribution in [1.82, 2.24) is 10.2 Å². The van der Waals surface area contributed by atoms with Gasteiger partial charge < -0.3 is 14.8 Å². The van der Waals surface area contributed by atoms with E-state index in [1.807, 2.05) is 0 Å². The molecule has 1 atom stereocenters. The second-order valence-electron chi connectivity index (χ2n) is 7.11. The summed E-state index contributed by atoms with van der Waals surface area (Å²) in [5.74, 6) is 0.470. The molecular formula is C19H25F3N2O3. The highest BCUT2D eigenvalue weighted by molar-refractivity contribution is 5.94. The Hall–Kier alpha value is -1.80. The van der Waals surface area contributed by atoms with E-state index in [1.165, 1.54) is 4.90 Å². The van der Waals surface area contributed by atoms with Crippen molar-refractivity contribution in [3.8, 4) is 5.75 Å². The van der Waals surface area contributed by atoms with E-state index in [0.717, 1.165) is 19.4 Å². The number of nitrogens with one attached hydrogen (secondary N) is 1. The first-order valence-electron chi connectivity index (χ1n) is 9.33. The van der Waals surface area contributed by atoms with Crippen molar-refractivity contribution in [2.45, 2.75) is 44.0 Å².